The number of hydrogen-bond donors (Lipinski definition) is 1. The zero-order valence-electron chi connectivity index (χ0n) is 15.5. The van der Waals surface area contributed by atoms with Gasteiger partial charge in [0.15, 0.2) is 0 Å². The minimum absolute atomic E-state index is 0.298. The third-order valence-electron chi connectivity index (χ3n) is 5.76. The van der Waals surface area contributed by atoms with Crippen LogP contribution in [-0.2, 0) is 11.3 Å². The molecule has 3 aromatic rings. The van der Waals surface area contributed by atoms with E-state index in [4.69, 9.17) is 27.1 Å². The second kappa shape index (κ2) is 6.47. The van der Waals surface area contributed by atoms with Crippen molar-refractivity contribution in [2.24, 2.45) is 0 Å². The predicted molar refractivity (Wildman–Crippen MR) is 111 cm³/mol. The molecule has 0 bridgehead atoms. The maximum atomic E-state index is 11.9. The van der Waals surface area contributed by atoms with Gasteiger partial charge in [-0.3, -0.25) is 9.88 Å². The van der Waals surface area contributed by atoms with Crippen LogP contribution in [0.2, 0.25) is 5.02 Å². The average molecular weight is 394 g/mol. The summed E-state index contributed by atoms with van der Waals surface area (Å²) in [4.78, 5) is 19.1. The smallest absolute Gasteiger partial charge is 0.141 e. The predicted octanol–water partition coefficient (Wildman–Crippen LogP) is 4.36. The monoisotopic (exact) mass is 393 g/mol. The SMILES string of the molecule is COc1cc(Cl)ccc1-c1cccc2c(N)c3c(nc12)CN(C1CC1)C3C=O. The average Bonchev–Trinajstić information content (AvgIpc) is 3.48. The third kappa shape index (κ3) is 2.58. The fraction of sp³-hybridized carbons (Fsp3) is 0.273. The molecule has 1 aromatic heterocycles. The Hall–Kier alpha value is -2.63. The van der Waals surface area contributed by atoms with Gasteiger partial charge in [-0.25, -0.2) is 0 Å². The van der Waals surface area contributed by atoms with E-state index in [9.17, 15) is 4.79 Å². The van der Waals surface area contributed by atoms with Crippen LogP contribution >= 0.6 is 11.6 Å². The number of rotatable bonds is 4. The molecule has 1 aliphatic carbocycles. The molecule has 6 heteroatoms. The molecule has 1 fully saturated rings. The van der Waals surface area contributed by atoms with Crippen LogP contribution in [0.15, 0.2) is 36.4 Å². The number of fused-ring (bicyclic) bond motifs is 2. The van der Waals surface area contributed by atoms with Gasteiger partial charge in [0.25, 0.3) is 0 Å². The maximum Gasteiger partial charge on any atom is 0.141 e. The standard InChI is InChI=1S/C22H20ClN3O2/c1-28-19-9-12(23)5-8-14(19)15-3-2-4-16-21(24)20-17(25-22(15)16)10-26(13-6-7-13)18(20)11-27/h2-5,8-9,11,13,18H,6-7,10H2,1H3,(H2,24,25). The number of para-hydroxylation sites is 1. The van der Waals surface area contributed by atoms with Crippen molar-refractivity contribution in [2.45, 2.75) is 31.5 Å². The number of nitrogens with two attached hydrogens (primary N) is 1. The van der Waals surface area contributed by atoms with Gasteiger partial charge in [0.05, 0.1) is 24.4 Å². The van der Waals surface area contributed by atoms with E-state index >= 15 is 0 Å². The van der Waals surface area contributed by atoms with Crippen LogP contribution in [0.1, 0.15) is 30.1 Å². The Morgan fingerprint density at radius 1 is 1.25 bits per heavy atom. The Morgan fingerprint density at radius 3 is 2.79 bits per heavy atom. The minimum Gasteiger partial charge on any atom is -0.496 e. The molecule has 1 atom stereocenters. The molecule has 2 aliphatic rings. The fourth-order valence-corrected chi connectivity index (χ4v) is 4.44. The lowest BCUT2D eigenvalue weighted by Gasteiger charge is -2.20. The number of nitrogens with zero attached hydrogens (tertiary/aromatic N) is 2. The normalized spacial score (nSPS) is 19.0. The van der Waals surface area contributed by atoms with Gasteiger partial charge in [0, 0.05) is 45.4 Å². The van der Waals surface area contributed by atoms with Crippen molar-refractivity contribution in [3.8, 4) is 16.9 Å². The van der Waals surface area contributed by atoms with E-state index in [-0.39, 0.29) is 6.04 Å². The highest BCUT2D eigenvalue weighted by Crippen LogP contribution is 2.46. The zero-order chi connectivity index (χ0) is 19.4. The molecule has 5 rings (SSSR count). The number of pyridine rings is 1. The summed E-state index contributed by atoms with van der Waals surface area (Å²) in [5.74, 6) is 0.686. The molecule has 2 N–H and O–H groups in total. The van der Waals surface area contributed by atoms with Gasteiger partial charge >= 0.3 is 0 Å². The lowest BCUT2D eigenvalue weighted by molar-refractivity contribution is -0.112. The van der Waals surface area contributed by atoms with E-state index in [1.807, 2.05) is 30.3 Å². The van der Waals surface area contributed by atoms with Gasteiger partial charge in [0.2, 0.25) is 0 Å². The molecule has 0 spiro atoms. The summed E-state index contributed by atoms with van der Waals surface area (Å²) in [6.07, 6.45) is 3.26. The first-order valence-electron chi connectivity index (χ1n) is 9.38. The molecule has 0 amide bonds. The van der Waals surface area contributed by atoms with Gasteiger partial charge in [-0.2, -0.15) is 0 Å². The summed E-state index contributed by atoms with van der Waals surface area (Å²) in [7, 11) is 1.63. The van der Waals surface area contributed by atoms with Crippen LogP contribution in [-0.4, -0.2) is 29.3 Å². The quantitative estimate of drug-likeness (QED) is 0.667. The summed E-state index contributed by atoms with van der Waals surface area (Å²) in [6, 6.07) is 11.7. The highest BCUT2D eigenvalue weighted by molar-refractivity contribution is 6.30. The molecule has 28 heavy (non-hydrogen) atoms. The van der Waals surface area contributed by atoms with Gasteiger partial charge in [-0.1, -0.05) is 29.8 Å². The summed E-state index contributed by atoms with van der Waals surface area (Å²) < 4.78 is 5.55. The number of carbonyl (C=O) groups is 1. The van der Waals surface area contributed by atoms with E-state index in [2.05, 4.69) is 4.90 Å². The summed E-state index contributed by atoms with van der Waals surface area (Å²) in [6.45, 7) is 0.662. The second-order valence-corrected chi connectivity index (χ2v) is 7.85. The Morgan fingerprint density at radius 2 is 2.07 bits per heavy atom. The molecule has 1 unspecified atom stereocenters. The van der Waals surface area contributed by atoms with E-state index in [1.54, 1.807) is 13.2 Å². The Kier molecular flexibility index (Phi) is 4.03. The first-order valence-corrected chi connectivity index (χ1v) is 9.76. The number of aromatic nitrogens is 1. The zero-order valence-corrected chi connectivity index (χ0v) is 16.2. The lowest BCUT2D eigenvalue weighted by Crippen LogP contribution is -2.25. The van der Waals surface area contributed by atoms with Crippen molar-refractivity contribution in [3.05, 3.63) is 52.7 Å². The molecule has 1 aliphatic heterocycles. The third-order valence-corrected chi connectivity index (χ3v) is 5.99. The first-order chi connectivity index (χ1) is 13.6. The number of nitrogen functional groups attached to an aromatic ring is 1. The summed E-state index contributed by atoms with van der Waals surface area (Å²) in [5.41, 5.74) is 11.7. The van der Waals surface area contributed by atoms with Crippen LogP contribution < -0.4 is 10.5 Å². The molecular weight excluding hydrogens is 374 g/mol. The van der Waals surface area contributed by atoms with E-state index in [0.717, 1.165) is 52.4 Å². The molecule has 0 saturated heterocycles. The fourth-order valence-electron chi connectivity index (χ4n) is 4.28. The van der Waals surface area contributed by atoms with Crippen molar-refractivity contribution in [1.29, 1.82) is 0 Å². The lowest BCUT2D eigenvalue weighted by atomic mass is 9.97. The van der Waals surface area contributed by atoms with Crippen LogP contribution in [0, 0.1) is 0 Å². The van der Waals surface area contributed by atoms with E-state index in [0.29, 0.717) is 29.0 Å². The Bertz CT molecular complexity index is 1110. The van der Waals surface area contributed by atoms with E-state index < -0.39 is 0 Å². The molecule has 1 saturated carbocycles. The van der Waals surface area contributed by atoms with Crippen molar-refractivity contribution in [2.75, 3.05) is 12.8 Å². The highest BCUT2D eigenvalue weighted by Gasteiger charge is 2.42. The Labute approximate surface area is 168 Å². The largest absolute Gasteiger partial charge is 0.496 e. The van der Waals surface area contributed by atoms with Crippen molar-refractivity contribution in [1.82, 2.24) is 9.88 Å². The number of halogens is 1. The summed E-state index contributed by atoms with van der Waals surface area (Å²) >= 11 is 6.13. The highest BCUT2D eigenvalue weighted by atomic mass is 35.5. The Balaban J connectivity index is 1.74. The van der Waals surface area contributed by atoms with Crippen LogP contribution in [0.4, 0.5) is 5.69 Å². The molecular formula is C22H20ClN3O2. The number of aldehydes is 1. The number of carbonyl (C=O) groups excluding carboxylic acids is 1. The second-order valence-electron chi connectivity index (χ2n) is 7.42. The van der Waals surface area contributed by atoms with Crippen LogP contribution in [0.25, 0.3) is 22.0 Å². The van der Waals surface area contributed by atoms with E-state index in [1.165, 1.54) is 0 Å². The number of methoxy groups -OCH3 is 1. The number of benzene rings is 2. The van der Waals surface area contributed by atoms with Gasteiger partial charge in [-0.15, -0.1) is 0 Å². The molecule has 142 valence electrons. The molecule has 0 radical (unpaired) electrons. The van der Waals surface area contributed by atoms with Crippen LogP contribution in [0.5, 0.6) is 5.75 Å². The van der Waals surface area contributed by atoms with Gasteiger partial charge in [-0.05, 0) is 31.0 Å². The van der Waals surface area contributed by atoms with Crippen LogP contribution in [0.3, 0.4) is 0 Å². The topological polar surface area (TPSA) is 68.5 Å². The van der Waals surface area contributed by atoms with Crippen molar-refractivity contribution in [3.63, 3.8) is 0 Å². The maximum absolute atomic E-state index is 11.9. The summed E-state index contributed by atoms with van der Waals surface area (Å²) in [5, 5.41) is 1.47. The number of ether oxygens (including phenoxy) is 1. The van der Waals surface area contributed by atoms with Gasteiger partial charge < -0.3 is 15.3 Å². The van der Waals surface area contributed by atoms with Crippen molar-refractivity contribution >= 4 is 34.5 Å². The van der Waals surface area contributed by atoms with Gasteiger partial charge in [0.1, 0.15) is 12.0 Å². The molecule has 2 aromatic carbocycles. The molecule has 5 nitrogen and oxygen atoms in total. The number of hydrogen-bond acceptors (Lipinski definition) is 5. The number of anilines is 1. The first kappa shape index (κ1) is 17.5. The minimum atomic E-state index is -0.298. The van der Waals surface area contributed by atoms with Crippen molar-refractivity contribution < 1.29 is 9.53 Å². The molecule has 2 heterocycles.